The molecular formula is C19H18N2. The van der Waals surface area contributed by atoms with Gasteiger partial charge in [0.05, 0.1) is 0 Å². The zero-order valence-corrected chi connectivity index (χ0v) is 12.1. The molecule has 0 fully saturated rings. The number of pyridine rings is 1. The van der Waals surface area contributed by atoms with Crippen molar-refractivity contribution >= 4 is 10.8 Å². The van der Waals surface area contributed by atoms with Crippen LogP contribution in [0.25, 0.3) is 10.8 Å². The molecular weight excluding hydrogens is 256 g/mol. The van der Waals surface area contributed by atoms with Gasteiger partial charge in [0, 0.05) is 30.4 Å². The molecule has 4 rings (SSSR count). The molecule has 0 bridgehead atoms. The SMILES string of the molecule is Cc1ccc2c(c1)CNC2Cc1ccc2ccncc2c1. The molecule has 1 atom stereocenters. The summed E-state index contributed by atoms with van der Waals surface area (Å²) in [6, 6.07) is 16.0. The second-order valence-electron chi connectivity index (χ2n) is 5.90. The lowest BCUT2D eigenvalue weighted by atomic mass is 9.96. The van der Waals surface area contributed by atoms with Gasteiger partial charge in [-0.3, -0.25) is 4.98 Å². The first-order valence-electron chi connectivity index (χ1n) is 7.45. The Morgan fingerprint density at radius 3 is 3.00 bits per heavy atom. The van der Waals surface area contributed by atoms with Crippen LogP contribution in [0.15, 0.2) is 54.9 Å². The van der Waals surface area contributed by atoms with E-state index in [9.17, 15) is 0 Å². The highest BCUT2D eigenvalue weighted by Crippen LogP contribution is 2.29. The monoisotopic (exact) mass is 274 g/mol. The van der Waals surface area contributed by atoms with Crippen molar-refractivity contribution in [2.45, 2.75) is 25.9 Å². The molecule has 0 saturated carbocycles. The lowest BCUT2D eigenvalue weighted by Crippen LogP contribution is -2.14. The first-order valence-corrected chi connectivity index (χ1v) is 7.45. The van der Waals surface area contributed by atoms with E-state index in [0.717, 1.165) is 13.0 Å². The molecule has 0 amide bonds. The van der Waals surface area contributed by atoms with Crippen LogP contribution in [0.5, 0.6) is 0 Å². The molecule has 0 spiro atoms. The van der Waals surface area contributed by atoms with Gasteiger partial charge >= 0.3 is 0 Å². The fraction of sp³-hybridized carbons (Fsp3) is 0.211. The second-order valence-corrected chi connectivity index (χ2v) is 5.90. The third-order valence-corrected chi connectivity index (χ3v) is 4.36. The summed E-state index contributed by atoms with van der Waals surface area (Å²) in [5.41, 5.74) is 5.60. The molecule has 2 nitrogen and oxygen atoms in total. The zero-order valence-electron chi connectivity index (χ0n) is 12.1. The number of hydrogen-bond acceptors (Lipinski definition) is 2. The largest absolute Gasteiger partial charge is 0.306 e. The van der Waals surface area contributed by atoms with Gasteiger partial charge in [-0.1, -0.05) is 35.9 Å². The maximum absolute atomic E-state index is 4.22. The zero-order chi connectivity index (χ0) is 14.2. The predicted octanol–water partition coefficient (Wildman–Crippen LogP) is 3.93. The van der Waals surface area contributed by atoms with Crippen LogP contribution in [0.3, 0.4) is 0 Å². The van der Waals surface area contributed by atoms with Crippen LogP contribution in [0, 0.1) is 6.92 Å². The maximum Gasteiger partial charge on any atom is 0.0367 e. The average molecular weight is 274 g/mol. The molecule has 0 radical (unpaired) electrons. The van der Waals surface area contributed by atoms with Crippen LogP contribution in [0.2, 0.25) is 0 Å². The van der Waals surface area contributed by atoms with Gasteiger partial charge < -0.3 is 5.32 Å². The molecule has 104 valence electrons. The van der Waals surface area contributed by atoms with Gasteiger partial charge in [-0.15, -0.1) is 0 Å². The molecule has 21 heavy (non-hydrogen) atoms. The molecule has 1 aliphatic rings. The van der Waals surface area contributed by atoms with Gasteiger partial charge in [-0.25, -0.2) is 0 Å². The third kappa shape index (κ3) is 2.32. The molecule has 1 aliphatic heterocycles. The molecule has 2 heterocycles. The lowest BCUT2D eigenvalue weighted by molar-refractivity contribution is 0.581. The van der Waals surface area contributed by atoms with Gasteiger partial charge in [0.2, 0.25) is 0 Å². The number of fused-ring (bicyclic) bond motifs is 2. The number of nitrogens with one attached hydrogen (secondary N) is 1. The van der Waals surface area contributed by atoms with E-state index in [2.05, 4.69) is 59.7 Å². The molecule has 1 aromatic heterocycles. The Bertz CT molecular complexity index is 808. The highest BCUT2D eigenvalue weighted by molar-refractivity contribution is 5.82. The van der Waals surface area contributed by atoms with Crippen molar-refractivity contribution in [3.8, 4) is 0 Å². The van der Waals surface area contributed by atoms with E-state index in [1.807, 2.05) is 12.4 Å². The Hall–Kier alpha value is -2.19. The Balaban J connectivity index is 1.64. The minimum absolute atomic E-state index is 0.426. The first-order chi connectivity index (χ1) is 10.3. The summed E-state index contributed by atoms with van der Waals surface area (Å²) < 4.78 is 0. The summed E-state index contributed by atoms with van der Waals surface area (Å²) in [5, 5.41) is 6.10. The molecule has 0 saturated heterocycles. The van der Waals surface area contributed by atoms with E-state index in [4.69, 9.17) is 0 Å². The topological polar surface area (TPSA) is 24.9 Å². The van der Waals surface area contributed by atoms with Crippen molar-refractivity contribution in [3.05, 3.63) is 77.1 Å². The smallest absolute Gasteiger partial charge is 0.0367 e. The molecule has 3 aromatic rings. The number of rotatable bonds is 2. The summed E-state index contributed by atoms with van der Waals surface area (Å²) in [5.74, 6) is 0. The summed E-state index contributed by atoms with van der Waals surface area (Å²) in [6.45, 7) is 3.14. The van der Waals surface area contributed by atoms with Crippen molar-refractivity contribution < 1.29 is 0 Å². The van der Waals surface area contributed by atoms with Crippen molar-refractivity contribution in [3.63, 3.8) is 0 Å². The molecule has 2 heteroatoms. The van der Waals surface area contributed by atoms with Crippen molar-refractivity contribution in [1.82, 2.24) is 10.3 Å². The van der Waals surface area contributed by atoms with Crippen LogP contribution in [-0.2, 0) is 13.0 Å². The average Bonchev–Trinajstić information content (AvgIpc) is 2.89. The lowest BCUT2D eigenvalue weighted by Gasteiger charge is -2.13. The number of aromatic nitrogens is 1. The minimum Gasteiger partial charge on any atom is -0.306 e. The van der Waals surface area contributed by atoms with Crippen LogP contribution < -0.4 is 5.32 Å². The summed E-state index contributed by atoms with van der Waals surface area (Å²) in [4.78, 5) is 4.22. The maximum atomic E-state index is 4.22. The summed E-state index contributed by atoms with van der Waals surface area (Å²) in [7, 11) is 0. The number of hydrogen-bond donors (Lipinski definition) is 1. The molecule has 1 N–H and O–H groups in total. The number of nitrogens with zero attached hydrogens (tertiary/aromatic N) is 1. The van der Waals surface area contributed by atoms with E-state index >= 15 is 0 Å². The predicted molar refractivity (Wildman–Crippen MR) is 86.2 cm³/mol. The molecule has 1 unspecified atom stereocenters. The third-order valence-electron chi connectivity index (χ3n) is 4.36. The summed E-state index contributed by atoms with van der Waals surface area (Å²) in [6.07, 6.45) is 4.82. The van der Waals surface area contributed by atoms with E-state index in [1.165, 1.54) is 33.0 Å². The normalized spacial score (nSPS) is 17.1. The van der Waals surface area contributed by atoms with E-state index < -0.39 is 0 Å². The highest BCUT2D eigenvalue weighted by atomic mass is 14.9. The van der Waals surface area contributed by atoms with Crippen LogP contribution in [0.1, 0.15) is 28.3 Å². The summed E-state index contributed by atoms with van der Waals surface area (Å²) >= 11 is 0. The molecule has 2 aromatic carbocycles. The number of aryl methyl sites for hydroxylation is 1. The fourth-order valence-electron chi connectivity index (χ4n) is 3.25. The quantitative estimate of drug-likeness (QED) is 0.766. The minimum atomic E-state index is 0.426. The van der Waals surface area contributed by atoms with Gasteiger partial charge in [0.15, 0.2) is 0 Å². The van der Waals surface area contributed by atoms with E-state index in [1.54, 1.807) is 0 Å². The van der Waals surface area contributed by atoms with Crippen LogP contribution in [-0.4, -0.2) is 4.98 Å². The fourth-order valence-corrected chi connectivity index (χ4v) is 3.25. The Morgan fingerprint density at radius 2 is 2.05 bits per heavy atom. The highest BCUT2D eigenvalue weighted by Gasteiger charge is 2.21. The van der Waals surface area contributed by atoms with Crippen molar-refractivity contribution in [1.29, 1.82) is 0 Å². The van der Waals surface area contributed by atoms with Crippen LogP contribution in [0.4, 0.5) is 0 Å². The van der Waals surface area contributed by atoms with E-state index in [-0.39, 0.29) is 0 Å². The Kier molecular flexibility index (Phi) is 2.97. The van der Waals surface area contributed by atoms with Gasteiger partial charge in [0.25, 0.3) is 0 Å². The Labute approximate surface area is 124 Å². The second kappa shape index (κ2) is 4.97. The van der Waals surface area contributed by atoms with Crippen molar-refractivity contribution in [2.24, 2.45) is 0 Å². The number of benzene rings is 2. The van der Waals surface area contributed by atoms with Gasteiger partial charge in [-0.05, 0) is 47.6 Å². The van der Waals surface area contributed by atoms with Gasteiger partial charge in [0.1, 0.15) is 0 Å². The van der Waals surface area contributed by atoms with E-state index in [0.29, 0.717) is 6.04 Å². The molecule has 0 aliphatic carbocycles. The van der Waals surface area contributed by atoms with Crippen LogP contribution >= 0.6 is 0 Å². The Morgan fingerprint density at radius 1 is 1.10 bits per heavy atom. The standard InChI is InChI=1S/C19H18N2/c1-13-2-5-18-17(8-13)12-21-19(18)10-14-3-4-15-6-7-20-11-16(15)9-14/h2-9,11,19,21H,10,12H2,1H3. The van der Waals surface area contributed by atoms with Crippen molar-refractivity contribution in [2.75, 3.05) is 0 Å². The van der Waals surface area contributed by atoms with Gasteiger partial charge in [-0.2, -0.15) is 0 Å². The first kappa shape index (κ1) is 12.5.